The molecule has 2 aromatic rings. The van der Waals surface area contributed by atoms with Crippen molar-refractivity contribution in [3.8, 4) is 5.75 Å². The second-order valence-corrected chi connectivity index (χ2v) is 7.07. The van der Waals surface area contributed by atoms with Gasteiger partial charge in [0.05, 0.1) is 7.11 Å². The SMILES string of the molecule is CNC(=O)c1cccc([C@H](C(=O)O)N2CCN(Cc3ccccc3OC)CC2)c1. The van der Waals surface area contributed by atoms with Crippen molar-refractivity contribution in [2.75, 3.05) is 40.3 Å². The zero-order chi connectivity index (χ0) is 20.8. The Hall–Kier alpha value is -2.90. The molecular weight excluding hydrogens is 370 g/mol. The molecule has 7 heteroatoms. The number of nitrogens with one attached hydrogen (secondary N) is 1. The number of rotatable bonds is 7. The van der Waals surface area contributed by atoms with Gasteiger partial charge in [0.15, 0.2) is 0 Å². The number of benzene rings is 2. The molecule has 29 heavy (non-hydrogen) atoms. The van der Waals surface area contributed by atoms with Crippen LogP contribution in [0.15, 0.2) is 48.5 Å². The number of methoxy groups -OCH3 is 1. The number of carbonyl (C=O) groups is 2. The van der Waals surface area contributed by atoms with Gasteiger partial charge < -0.3 is 15.2 Å². The normalized spacial score (nSPS) is 16.2. The van der Waals surface area contributed by atoms with E-state index in [-0.39, 0.29) is 5.91 Å². The summed E-state index contributed by atoms with van der Waals surface area (Å²) in [4.78, 5) is 28.2. The Kier molecular flexibility index (Phi) is 6.85. The molecule has 0 spiro atoms. The number of amides is 1. The molecule has 1 atom stereocenters. The number of aliphatic carboxylic acids is 1. The fourth-order valence-electron chi connectivity index (χ4n) is 3.76. The second kappa shape index (κ2) is 9.54. The molecule has 1 heterocycles. The third-order valence-electron chi connectivity index (χ3n) is 5.28. The smallest absolute Gasteiger partial charge is 0.325 e. The molecule has 0 unspecified atom stereocenters. The molecule has 2 N–H and O–H groups in total. The van der Waals surface area contributed by atoms with Crippen LogP contribution in [0.2, 0.25) is 0 Å². The molecule has 0 aliphatic carbocycles. The van der Waals surface area contributed by atoms with E-state index in [4.69, 9.17) is 4.74 Å². The summed E-state index contributed by atoms with van der Waals surface area (Å²) >= 11 is 0. The van der Waals surface area contributed by atoms with Gasteiger partial charge in [0.25, 0.3) is 5.91 Å². The third kappa shape index (κ3) is 4.93. The maximum Gasteiger partial charge on any atom is 0.325 e. The first-order chi connectivity index (χ1) is 14.0. The van der Waals surface area contributed by atoms with Crippen molar-refractivity contribution < 1.29 is 19.4 Å². The van der Waals surface area contributed by atoms with Crippen molar-refractivity contribution in [2.24, 2.45) is 0 Å². The lowest BCUT2D eigenvalue weighted by molar-refractivity contribution is -0.144. The molecular formula is C22H27N3O4. The average Bonchev–Trinajstić information content (AvgIpc) is 2.75. The van der Waals surface area contributed by atoms with Crippen molar-refractivity contribution in [1.29, 1.82) is 0 Å². The van der Waals surface area contributed by atoms with Crippen LogP contribution in [0.5, 0.6) is 5.75 Å². The number of piperazine rings is 1. The molecule has 0 bridgehead atoms. The highest BCUT2D eigenvalue weighted by molar-refractivity contribution is 5.94. The predicted octanol–water partition coefficient (Wildman–Crippen LogP) is 2.00. The zero-order valence-corrected chi connectivity index (χ0v) is 16.8. The van der Waals surface area contributed by atoms with Crippen LogP contribution >= 0.6 is 0 Å². The second-order valence-electron chi connectivity index (χ2n) is 7.07. The highest BCUT2D eigenvalue weighted by atomic mass is 16.5. The van der Waals surface area contributed by atoms with Crippen LogP contribution in [0, 0.1) is 0 Å². The lowest BCUT2D eigenvalue weighted by Crippen LogP contribution is -2.48. The molecule has 0 saturated carbocycles. The largest absolute Gasteiger partial charge is 0.496 e. The molecule has 0 radical (unpaired) electrons. The maximum absolute atomic E-state index is 12.0. The first kappa shape index (κ1) is 20.8. The van der Waals surface area contributed by atoms with Crippen molar-refractivity contribution in [3.05, 3.63) is 65.2 Å². The summed E-state index contributed by atoms with van der Waals surface area (Å²) < 4.78 is 5.43. The number of para-hydroxylation sites is 1. The Morgan fingerprint density at radius 2 is 1.83 bits per heavy atom. The maximum atomic E-state index is 12.0. The highest BCUT2D eigenvalue weighted by Crippen LogP contribution is 2.25. The molecule has 154 valence electrons. The van der Waals surface area contributed by atoms with Gasteiger partial charge in [-0.15, -0.1) is 0 Å². The first-order valence-corrected chi connectivity index (χ1v) is 9.66. The Morgan fingerprint density at radius 3 is 2.48 bits per heavy atom. The minimum Gasteiger partial charge on any atom is -0.496 e. The summed E-state index contributed by atoms with van der Waals surface area (Å²) in [5.74, 6) is -0.265. The van der Waals surface area contributed by atoms with Gasteiger partial charge >= 0.3 is 5.97 Å². The van der Waals surface area contributed by atoms with Crippen LogP contribution in [-0.2, 0) is 11.3 Å². The van der Waals surface area contributed by atoms with Crippen LogP contribution in [0.3, 0.4) is 0 Å². The van der Waals surface area contributed by atoms with Crippen LogP contribution in [0.4, 0.5) is 0 Å². The van der Waals surface area contributed by atoms with E-state index in [1.165, 1.54) is 0 Å². The topological polar surface area (TPSA) is 82.1 Å². The molecule has 1 saturated heterocycles. The molecule has 1 amide bonds. The fraction of sp³-hybridized carbons (Fsp3) is 0.364. The van der Waals surface area contributed by atoms with Crippen LogP contribution < -0.4 is 10.1 Å². The van der Waals surface area contributed by atoms with E-state index >= 15 is 0 Å². The van der Waals surface area contributed by atoms with E-state index in [1.807, 2.05) is 23.1 Å². The monoisotopic (exact) mass is 397 g/mol. The van der Waals surface area contributed by atoms with Crippen LogP contribution in [-0.4, -0.2) is 67.1 Å². The van der Waals surface area contributed by atoms with Crippen molar-refractivity contribution in [1.82, 2.24) is 15.1 Å². The van der Waals surface area contributed by atoms with Crippen molar-refractivity contribution >= 4 is 11.9 Å². The summed E-state index contributed by atoms with van der Waals surface area (Å²) in [6.07, 6.45) is 0. The lowest BCUT2D eigenvalue weighted by atomic mass is 10.0. The van der Waals surface area contributed by atoms with Crippen molar-refractivity contribution in [2.45, 2.75) is 12.6 Å². The van der Waals surface area contributed by atoms with Gasteiger partial charge in [-0.25, -0.2) is 0 Å². The fourth-order valence-corrected chi connectivity index (χ4v) is 3.76. The summed E-state index contributed by atoms with van der Waals surface area (Å²) in [5, 5.41) is 12.4. The van der Waals surface area contributed by atoms with E-state index in [0.717, 1.165) is 30.9 Å². The first-order valence-electron chi connectivity index (χ1n) is 9.66. The van der Waals surface area contributed by atoms with E-state index in [0.29, 0.717) is 24.2 Å². The van der Waals surface area contributed by atoms with Gasteiger partial charge in [0, 0.05) is 50.9 Å². The van der Waals surface area contributed by atoms with Gasteiger partial charge in [-0.05, 0) is 23.8 Å². The average molecular weight is 397 g/mol. The highest BCUT2D eigenvalue weighted by Gasteiger charge is 2.30. The van der Waals surface area contributed by atoms with E-state index in [9.17, 15) is 14.7 Å². The summed E-state index contributed by atoms with van der Waals surface area (Å²) in [5.41, 5.74) is 2.21. The Bertz CT molecular complexity index is 863. The summed E-state index contributed by atoms with van der Waals surface area (Å²) in [6, 6.07) is 14.0. The van der Waals surface area contributed by atoms with Gasteiger partial charge in [0.1, 0.15) is 11.8 Å². The molecule has 7 nitrogen and oxygen atoms in total. The predicted molar refractivity (Wildman–Crippen MR) is 110 cm³/mol. The summed E-state index contributed by atoms with van der Waals surface area (Å²) in [6.45, 7) is 3.56. The molecule has 2 aromatic carbocycles. The van der Waals surface area contributed by atoms with E-state index < -0.39 is 12.0 Å². The number of hydrogen-bond donors (Lipinski definition) is 2. The number of ether oxygens (including phenoxy) is 1. The van der Waals surface area contributed by atoms with Crippen LogP contribution in [0.1, 0.15) is 27.5 Å². The molecule has 3 rings (SSSR count). The standard InChI is InChI=1S/C22H27N3O4/c1-23-21(26)17-8-5-7-16(14-17)20(22(27)28)25-12-10-24(11-13-25)15-18-6-3-4-9-19(18)29-2/h3-9,14,20H,10-13,15H2,1-2H3,(H,23,26)(H,27,28)/t20-/m1/s1. The summed E-state index contributed by atoms with van der Waals surface area (Å²) in [7, 11) is 3.23. The third-order valence-corrected chi connectivity index (χ3v) is 5.28. The Morgan fingerprint density at radius 1 is 1.10 bits per heavy atom. The molecule has 1 fully saturated rings. The Labute approximate surface area is 170 Å². The number of hydrogen-bond acceptors (Lipinski definition) is 5. The van der Waals surface area contributed by atoms with E-state index in [2.05, 4.69) is 16.3 Å². The number of nitrogens with zero attached hydrogens (tertiary/aromatic N) is 2. The number of carboxylic acid groups (broad SMARTS) is 1. The quantitative estimate of drug-likeness (QED) is 0.744. The molecule has 1 aliphatic heterocycles. The lowest BCUT2D eigenvalue weighted by Gasteiger charge is -2.38. The zero-order valence-electron chi connectivity index (χ0n) is 16.8. The number of carboxylic acids is 1. The van der Waals surface area contributed by atoms with Gasteiger partial charge in [-0.2, -0.15) is 0 Å². The van der Waals surface area contributed by atoms with Gasteiger partial charge in [-0.3, -0.25) is 19.4 Å². The van der Waals surface area contributed by atoms with Gasteiger partial charge in [0.2, 0.25) is 0 Å². The number of carbonyl (C=O) groups excluding carboxylic acids is 1. The minimum absolute atomic E-state index is 0.224. The molecule has 0 aromatic heterocycles. The minimum atomic E-state index is -0.905. The molecule has 1 aliphatic rings. The van der Waals surface area contributed by atoms with Gasteiger partial charge in [-0.1, -0.05) is 30.3 Å². The van der Waals surface area contributed by atoms with Crippen molar-refractivity contribution in [3.63, 3.8) is 0 Å². The van der Waals surface area contributed by atoms with Crippen LogP contribution in [0.25, 0.3) is 0 Å². The van der Waals surface area contributed by atoms with E-state index in [1.54, 1.807) is 38.4 Å². The Balaban J connectivity index is 1.69.